The van der Waals surface area contributed by atoms with Crippen LogP contribution in [0.15, 0.2) is 67.0 Å². The molecule has 3 aromatic rings. The molecule has 0 aliphatic carbocycles. The third-order valence-electron chi connectivity index (χ3n) is 3.71. The average Bonchev–Trinajstić information content (AvgIpc) is 2.70. The van der Waals surface area contributed by atoms with E-state index in [0.29, 0.717) is 22.0 Å². The van der Waals surface area contributed by atoms with Crippen LogP contribution in [-0.4, -0.2) is 24.0 Å². The van der Waals surface area contributed by atoms with Gasteiger partial charge in [0.05, 0.1) is 35.8 Å². The molecule has 27 heavy (non-hydrogen) atoms. The van der Waals surface area contributed by atoms with E-state index in [0.717, 1.165) is 5.69 Å². The van der Waals surface area contributed by atoms with Gasteiger partial charge in [0.25, 0.3) is 5.91 Å². The highest BCUT2D eigenvalue weighted by molar-refractivity contribution is 6.30. The van der Waals surface area contributed by atoms with E-state index in [2.05, 4.69) is 15.6 Å². The Kier molecular flexibility index (Phi) is 5.68. The second-order valence-electron chi connectivity index (χ2n) is 5.59. The molecule has 136 valence electrons. The highest BCUT2D eigenvalue weighted by Gasteiger charge is 2.14. The summed E-state index contributed by atoms with van der Waals surface area (Å²) in [7, 11) is 1.29. The van der Waals surface area contributed by atoms with Gasteiger partial charge in [0.15, 0.2) is 0 Å². The number of amides is 1. The Balaban J connectivity index is 1.78. The molecule has 2 N–H and O–H groups in total. The summed E-state index contributed by atoms with van der Waals surface area (Å²) in [5.41, 5.74) is 2.44. The van der Waals surface area contributed by atoms with Gasteiger partial charge >= 0.3 is 5.97 Å². The van der Waals surface area contributed by atoms with E-state index >= 15 is 0 Å². The average molecular weight is 382 g/mol. The van der Waals surface area contributed by atoms with Gasteiger partial charge in [0.2, 0.25) is 0 Å². The SMILES string of the molecule is COC(=O)c1ccccc1NC(=O)c1cncc(Nc2ccc(Cl)cc2)c1. The lowest BCUT2D eigenvalue weighted by Gasteiger charge is -2.11. The van der Waals surface area contributed by atoms with Crippen molar-refractivity contribution >= 4 is 40.5 Å². The van der Waals surface area contributed by atoms with Gasteiger partial charge in [-0.1, -0.05) is 23.7 Å². The number of pyridine rings is 1. The van der Waals surface area contributed by atoms with E-state index in [1.165, 1.54) is 13.3 Å². The molecule has 1 aromatic heterocycles. The number of hydrogen-bond donors (Lipinski definition) is 2. The largest absolute Gasteiger partial charge is 0.465 e. The first-order valence-corrected chi connectivity index (χ1v) is 8.41. The number of nitrogens with one attached hydrogen (secondary N) is 2. The van der Waals surface area contributed by atoms with Crippen molar-refractivity contribution in [2.75, 3.05) is 17.7 Å². The lowest BCUT2D eigenvalue weighted by Crippen LogP contribution is -2.15. The monoisotopic (exact) mass is 381 g/mol. The Bertz CT molecular complexity index is 974. The van der Waals surface area contributed by atoms with Crippen molar-refractivity contribution < 1.29 is 14.3 Å². The molecule has 0 atom stereocenters. The van der Waals surface area contributed by atoms with Gasteiger partial charge < -0.3 is 15.4 Å². The zero-order chi connectivity index (χ0) is 19.2. The van der Waals surface area contributed by atoms with Gasteiger partial charge in [-0.25, -0.2) is 4.79 Å². The second-order valence-corrected chi connectivity index (χ2v) is 6.02. The van der Waals surface area contributed by atoms with Crippen LogP contribution in [0.1, 0.15) is 20.7 Å². The van der Waals surface area contributed by atoms with Gasteiger partial charge in [-0.15, -0.1) is 0 Å². The van der Waals surface area contributed by atoms with Crippen LogP contribution >= 0.6 is 11.6 Å². The fraction of sp³-hybridized carbons (Fsp3) is 0.0500. The molecule has 1 amide bonds. The summed E-state index contributed by atoms with van der Waals surface area (Å²) in [4.78, 5) is 28.5. The van der Waals surface area contributed by atoms with Crippen LogP contribution in [0.4, 0.5) is 17.1 Å². The van der Waals surface area contributed by atoms with Gasteiger partial charge in [0, 0.05) is 16.9 Å². The number of carbonyl (C=O) groups is 2. The molecular weight excluding hydrogens is 366 g/mol. The van der Waals surface area contributed by atoms with Crippen molar-refractivity contribution in [2.24, 2.45) is 0 Å². The molecule has 0 aliphatic heterocycles. The molecule has 0 saturated heterocycles. The standard InChI is InChI=1S/C20H16ClN3O3/c1-27-20(26)17-4-2-3-5-18(17)24-19(25)13-10-16(12-22-11-13)23-15-8-6-14(21)7-9-15/h2-12,23H,1H3,(H,24,25). The molecule has 1 heterocycles. The fourth-order valence-corrected chi connectivity index (χ4v) is 2.53. The maximum atomic E-state index is 12.6. The second kappa shape index (κ2) is 8.33. The van der Waals surface area contributed by atoms with Crippen LogP contribution in [-0.2, 0) is 4.74 Å². The predicted octanol–water partition coefficient (Wildman–Crippen LogP) is 4.52. The molecule has 0 bridgehead atoms. The molecule has 0 aliphatic rings. The molecule has 0 unspecified atom stereocenters. The summed E-state index contributed by atoms with van der Waals surface area (Å²) in [6.45, 7) is 0. The van der Waals surface area contributed by atoms with Crippen molar-refractivity contribution in [3.05, 3.63) is 83.1 Å². The number of halogens is 1. The van der Waals surface area contributed by atoms with E-state index < -0.39 is 11.9 Å². The quantitative estimate of drug-likeness (QED) is 0.635. The highest BCUT2D eigenvalue weighted by atomic mass is 35.5. The first-order valence-electron chi connectivity index (χ1n) is 8.03. The maximum Gasteiger partial charge on any atom is 0.339 e. The van der Waals surface area contributed by atoms with Crippen molar-refractivity contribution in [3.8, 4) is 0 Å². The Morgan fingerprint density at radius 1 is 1.00 bits per heavy atom. The normalized spacial score (nSPS) is 10.1. The van der Waals surface area contributed by atoms with E-state index in [1.54, 1.807) is 48.7 Å². The third-order valence-corrected chi connectivity index (χ3v) is 3.97. The molecule has 7 heteroatoms. The molecular formula is C20H16ClN3O3. The summed E-state index contributed by atoms with van der Waals surface area (Å²) in [5.74, 6) is -0.916. The lowest BCUT2D eigenvalue weighted by atomic mass is 10.1. The zero-order valence-corrected chi connectivity index (χ0v) is 15.2. The third kappa shape index (κ3) is 4.62. The van der Waals surface area contributed by atoms with Crippen LogP contribution in [0, 0.1) is 0 Å². The molecule has 0 radical (unpaired) electrons. The number of benzene rings is 2. The van der Waals surface area contributed by atoms with Gasteiger partial charge in [-0.3, -0.25) is 9.78 Å². The molecule has 2 aromatic carbocycles. The summed E-state index contributed by atoms with van der Waals surface area (Å²) >= 11 is 5.88. The topological polar surface area (TPSA) is 80.3 Å². The number of nitrogens with zero attached hydrogens (tertiary/aromatic N) is 1. The maximum absolute atomic E-state index is 12.6. The van der Waals surface area contributed by atoms with E-state index in [9.17, 15) is 9.59 Å². The van der Waals surface area contributed by atoms with Crippen LogP contribution < -0.4 is 10.6 Å². The Morgan fingerprint density at radius 2 is 1.74 bits per heavy atom. The molecule has 0 saturated carbocycles. The summed E-state index contributed by atoms with van der Waals surface area (Å²) in [6.07, 6.45) is 3.05. The van der Waals surface area contributed by atoms with Crippen molar-refractivity contribution in [1.82, 2.24) is 4.98 Å². The molecule has 0 spiro atoms. The highest BCUT2D eigenvalue weighted by Crippen LogP contribution is 2.21. The number of aromatic nitrogens is 1. The Hall–Kier alpha value is -3.38. The zero-order valence-electron chi connectivity index (χ0n) is 14.4. The molecule has 0 fully saturated rings. The summed E-state index contributed by atoms with van der Waals surface area (Å²) < 4.78 is 4.74. The van der Waals surface area contributed by atoms with Gasteiger partial charge in [0.1, 0.15) is 0 Å². The van der Waals surface area contributed by atoms with Gasteiger partial charge in [-0.05, 0) is 42.5 Å². The number of carbonyl (C=O) groups excluding carboxylic acids is 2. The number of ether oxygens (including phenoxy) is 1. The number of esters is 1. The van der Waals surface area contributed by atoms with Crippen LogP contribution in [0.2, 0.25) is 5.02 Å². The van der Waals surface area contributed by atoms with E-state index in [1.807, 2.05) is 12.1 Å². The van der Waals surface area contributed by atoms with Crippen molar-refractivity contribution in [1.29, 1.82) is 0 Å². The molecule has 6 nitrogen and oxygen atoms in total. The predicted molar refractivity (Wildman–Crippen MR) is 105 cm³/mol. The smallest absolute Gasteiger partial charge is 0.339 e. The van der Waals surface area contributed by atoms with Crippen molar-refractivity contribution in [3.63, 3.8) is 0 Å². The lowest BCUT2D eigenvalue weighted by molar-refractivity contribution is 0.0602. The Morgan fingerprint density at radius 3 is 2.48 bits per heavy atom. The van der Waals surface area contributed by atoms with E-state index in [-0.39, 0.29) is 5.56 Å². The summed E-state index contributed by atoms with van der Waals surface area (Å²) in [5, 5.41) is 6.50. The van der Waals surface area contributed by atoms with Crippen LogP contribution in [0.3, 0.4) is 0 Å². The number of para-hydroxylation sites is 1. The molecule has 3 rings (SSSR count). The summed E-state index contributed by atoms with van der Waals surface area (Å²) in [6, 6.07) is 15.5. The number of anilines is 3. The Labute approximate surface area is 161 Å². The van der Waals surface area contributed by atoms with Crippen LogP contribution in [0.5, 0.6) is 0 Å². The number of rotatable bonds is 5. The van der Waals surface area contributed by atoms with Crippen molar-refractivity contribution in [2.45, 2.75) is 0 Å². The first kappa shape index (κ1) is 18.4. The van der Waals surface area contributed by atoms with Gasteiger partial charge in [-0.2, -0.15) is 0 Å². The fourth-order valence-electron chi connectivity index (χ4n) is 2.41. The minimum Gasteiger partial charge on any atom is -0.465 e. The van der Waals surface area contributed by atoms with Crippen LogP contribution in [0.25, 0.3) is 0 Å². The number of methoxy groups -OCH3 is 1. The van der Waals surface area contributed by atoms with E-state index in [4.69, 9.17) is 16.3 Å². The first-order chi connectivity index (χ1) is 13.1. The minimum absolute atomic E-state index is 0.275. The minimum atomic E-state index is -0.526. The number of hydrogen-bond acceptors (Lipinski definition) is 5.